The van der Waals surface area contributed by atoms with E-state index in [2.05, 4.69) is 24.5 Å². The summed E-state index contributed by atoms with van der Waals surface area (Å²) in [5.74, 6) is -2.83. The second kappa shape index (κ2) is 13.6. The molecule has 10 nitrogen and oxygen atoms in total. The Balaban J connectivity index is 0.000000566. The first-order valence-corrected chi connectivity index (χ1v) is 14.2. The molecule has 1 aliphatic rings. The summed E-state index contributed by atoms with van der Waals surface area (Å²) in [7, 11) is 1.34. The number of carboxylic acids is 1. The fourth-order valence-electron chi connectivity index (χ4n) is 5.35. The molecule has 3 N–H and O–H groups in total. The third-order valence-electron chi connectivity index (χ3n) is 7.27. The summed E-state index contributed by atoms with van der Waals surface area (Å²) in [6.45, 7) is 6.05. The predicted molar refractivity (Wildman–Crippen MR) is 158 cm³/mol. The highest BCUT2D eigenvalue weighted by Gasteiger charge is 2.38. The van der Waals surface area contributed by atoms with E-state index in [1.165, 1.54) is 7.11 Å². The molecule has 0 saturated carbocycles. The van der Waals surface area contributed by atoms with Crippen LogP contribution in [-0.2, 0) is 27.4 Å². The lowest BCUT2D eigenvalue weighted by atomic mass is 10.0. The molecule has 1 saturated heterocycles. The number of methoxy groups -OCH3 is 1. The van der Waals surface area contributed by atoms with Gasteiger partial charge in [0.25, 0.3) is 5.56 Å². The molecule has 4 aromatic rings. The number of nitrogens with two attached hydrogens (primary N) is 1. The van der Waals surface area contributed by atoms with E-state index in [0.29, 0.717) is 34.8 Å². The molecule has 0 spiro atoms. The fraction of sp³-hybridized carbons (Fsp3) is 0.419. The van der Waals surface area contributed by atoms with Crippen molar-refractivity contribution >= 4 is 33.9 Å². The summed E-state index contributed by atoms with van der Waals surface area (Å²) in [6, 6.07) is 13.0. The molecular formula is C31H35F3N4O6. The zero-order valence-electron chi connectivity index (χ0n) is 24.6. The van der Waals surface area contributed by atoms with E-state index in [1.54, 1.807) is 22.8 Å². The van der Waals surface area contributed by atoms with Crippen molar-refractivity contribution in [2.75, 3.05) is 13.7 Å². The van der Waals surface area contributed by atoms with E-state index in [0.717, 1.165) is 48.9 Å². The van der Waals surface area contributed by atoms with Crippen LogP contribution in [0.15, 0.2) is 53.5 Å². The van der Waals surface area contributed by atoms with E-state index < -0.39 is 18.1 Å². The number of fused-ring (bicyclic) bond motifs is 2. The van der Waals surface area contributed by atoms with Gasteiger partial charge in [-0.05, 0) is 49.4 Å². The van der Waals surface area contributed by atoms with Crippen LogP contribution in [0.25, 0.3) is 33.2 Å². The van der Waals surface area contributed by atoms with Gasteiger partial charge in [-0.2, -0.15) is 13.2 Å². The summed E-state index contributed by atoms with van der Waals surface area (Å²) in [4.78, 5) is 40.0. The molecule has 236 valence electrons. The first-order valence-electron chi connectivity index (χ1n) is 14.2. The average Bonchev–Trinajstić information content (AvgIpc) is 3.61. The quantitative estimate of drug-likeness (QED) is 0.264. The van der Waals surface area contributed by atoms with E-state index in [-0.39, 0.29) is 17.7 Å². The molecule has 0 bridgehead atoms. The van der Waals surface area contributed by atoms with Gasteiger partial charge in [-0.15, -0.1) is 0 Å². The van der Waals surface area contributed by atoms with E-state index >= 15 is 0 Å². The minimum atomic E-state index is -5.08. The molecular weight excluding hydrogens is 581 g/mol. The Morgan fingerprint density at radius 1 is 1.18 bits per heavy atom. The smallest absolute Gasteiger partial charge is 0.475 e. The van der Waals surface area contributed by atoms with Gasteiger partial charge in [0.1, 0.15) is 5.69 Å². The Labute approximate surface area is 251 Å². The lowest BCUT2D eigenvalue weighted by molar-refractivity contribution is -0.192. The van der Waals surface area contributed by atoms with Crippen molar-refractivity contribution in [3.63, 3.8) is 0 Å². The van der Waals surface area contributed by atoms with Gasteiger partial charge in [0.15, 0.2) is 0 Å². The van der Waals surface area contributed by atoms with Crippen molar-refractivity contribution in [2.24, 2.45) is 11.7 Å². The summed E-state index contributed by atoms with van der Waals surface area (Å²) in [5.41, 5.74) is 9.99. The van der Waals surface area contributed by atoms with Crippen LogP contribution in [0.1, 0.15) is 43.5 Å². The normalized spacial score (nSPS) is 15.8. The largest absolute Gasteiger partial charge is 0.490 e. The number of nitrogens with zero attached hydrogens (tertiary/aromatic N) is 3. The number of alkyl halides is 3. The van der Waals surface area contributed by atoms with Crippen molar-refractivity contribution in [2.45, 2.75) is 64.5 Å². The van der Waals surface area contributed by atoms with Gasteiger partial charge >= 0.3 is 18.1 Å². The maximum Gasteiger partial charge on any atom is 0.490 e. The number of aromatic nitrogens is 3. The molecule has 5 rings (SSSR count). The van der Waals surface area contributed by atoms with Crippen LogP contribution in [0, 0.1) is 5.92 Å². The summed E-state index contributed by atoms with van der Waals surface area (Å²) in [6.07, 6.45) is -0.0426. The SMILES string of the molecule is COC(=O)c1ccc2nc(-c3cn(CC4CCCO4)c4ccccc34)c(=O)n(CC(N)CC(C)C)c2c1.O=C(O)C(F)(F)F. The van der Waals surface area contributed by atoms with Gasteiger partial charge in [-0.3, -0.25) is 4.79 Å². The zero-order chi connectivity index (χ0) is 32.2. The Bertz CT molecular complexity index is 1710. The number of hydrogen-bond acceptors (Lipinski definition) is 7. The Kier molecular flexibility index (Phi) is 10.1. The molecule has 3 heterocycles. The number of halogens is 3. The Morgan fingerprint density at radius 2 is 1.89 bits per heavy atom. The number of carbonyl (C=O) groups is 2. The number of esters is 1. The molecule has 2 aromatic heterocycles. The molecule has 2 aromatic carbocycles. The van der Waals surface area contributed by atoms with Crippen molar-refractivity contribution in [3.8, 4) is 11.3 Å². The van der Waals surface area contributed by atoms with Crippen molar-refractivity contribution < 1.29 is 37.3 Å². The molecule has 1 aliphatic heterocycles. The van der Waals surface area contributed by atoms with Crippen molar-refractivity contribution in [3.05, 3.63) is 64.6 Å². The van der Waals surface area contributed by atoms with Crippen molar-refractivity contribution in [1.29, 1.82) is 0 Å². The predicted octanol–water partition coefficient (Wildman–Crippen LogP) is 4.99. The second-order valence-electron chi connectivity index (χ2n) is 11.1. The summed E-state index contributed by atoms with van der Waals surface area (Å²) in [5, 5.41) is 8.09. The van der Waals surface area contributed by atoms with Crippen LogP contribution in [-0.4, -0.2) is 63.2 Å². The van der Waals surface area contributed by atoms with Crippen LogP contribution in [0.5, 0.6) is 0 Å². The number of rotatable bonds is 8. The number of ether oxygens (including phenoxy) is 2. The topological polar surface area (TPSA) is 139 Å². The van der Waals surface area contributed by atoms with Gasteiger partial charge < -0.3 is 29.4 Å². The Morgan fingerprint density at radius 3 is 2.50 bits per heavy atom. The van der Waals surface area contributed by atoms with Crippen LogP contribution in [0.2, 0.25) is 0 Å². The number of aliphatic carboxylic acids is 1. The number of hydrogen-bond donors (Lipinski definition) is 2. The molecule has 2 atom stereocenters. The lowest BCUT2D eigenvalue weighted by Gasteiger charge is -2.18. The van der Waals surface area contributed by atoms with Gasteiger partial charge in [-0.25, -0.2) is 14.6 Å². The second-order valence-corrected chi connectivity index (χ2v) is 11.1. The number of carboxylic acid groups (broad SMARTS) is 1. The fourth-order valence-corrected chi connectivity index (χ4v) is 5.35. The van der Waals surface area contributed by atoms with Crippen LogP contribution in [0.3, 0.4) is 0 Å². The zero-order valence-corrected chi connectivity index (χ0v) is 24.6. The highest BCUT2D eigenvalue weighted by molar-refractivity contribution is 5.97. The molecule has 0 amide bonds. The summed E-state index contributed by atoms with van der Waals surface area (Å²) >= 11 is 0. The minimum absolute atomic E-state index is 0.163. The maximum atomic E-state index is 14.0. The molecule has 1 fully saturated rings. The maximum absolute atomic E-state index is 14.0. The molecule has 13 heteroatoms. The average molecular weight is 617 g/mol. The van der Waals surface area contributed by atoms with Crippen LogP contribution < -0.4 is 11.3 Å². The van der Waals surface area contributed by atoms with E-state index in [1.807, 2.05) is 24.4 Å². The monoisotopic (exact) mass is 616 g/mol. The number of para-hydroxylation sites is 1. The third kappa shape index (κ3) is 7.45. The van der Waals surface area contributed by atoms with Gasteiger partial charge in [0, 0.05) is 48.4 Å². The number of carbonyl (C=O) groups excluding carboxylic acids is 1. The van der Waals surface area contributed by atoms with Crippen LogP contribution >= 0.6 is 0 Å². The van der Waals surface area contributed by atoms with E-state index in [4.69, 9.17) is 30.1 Å². The first kappa shape index (κ1) is 32.7. The highest BCUT2D eigenvalue weighted by atomic mass is 19.4. The lowest BCUT2D eigenvalue weighted by Crippen LogP contribution is -2.34. The van der Waals surface area contributed by atoms with E-state index in [9.17, 15) is 22.8 Å². The first-order chi connectivity index (χ1) is 20.8. The Hall–Kier alpha value is -4.23. The van der Waals surface area contributed by atoms with Crippen LogP contribution in [0.4, 0.5) is 13.2 Å². The van der Waals surface area contributed by atoms with Gasteiger partial charge in [0.2, 0.25) is 0 Å². The number of benzene rings is 2. The minimum Gasteiger partial charge on any atom is -0.475 e. The summed E-state index contributed by atoms with van der Waals surface area (Å²) < 4.78 is 46.4. The van der Waals surface area contributed by atoms with Gasteiger partial charge in [-0.1, -0.05) is 32.0 Å². The molecule has 44 heavy (non-hydrogen) atoms. The highest BCUT2D eigenvalue weighted by Crippen LogP contribution is 2.30. The molecule has 2 unspecified atom stereocenters. The third-order valence-corrected chi connectivity index (χ3v) is 7.27. The van der Waals surface area contributed by atoms with Crippen molar-refractivity contribution in [1.82, 2.24) is 14.1 Å². The molecule has 0 aliphatic carbocycles. The standard InChI is InChI=1S/C29H34N4O4.C2HF3O2/c1-18(2)13-20(30)15-33-26-14-19(29(35)36-3)10-11-24(26)31-27(28(33)34)23-17-32(16-21-7-6-12-37-21)25-9-5-4-8-22(23)25;3-2(4,5)1(6)7/h4-5,8-11,14,17-18,20-21H,6-7,12-13,15-16,30H2,1-3H3;(H,6,7). The van der Waals surface area contributed by atoms with Gasteiger partial charge in [0.05, 0.1) is 29.8 Å². The molecule has 0 radical (unpaired) electrons.